The van der Waals surface area contributed by atoms with Gasteiger partial charge in [0.2, 0.25) is 5.91 Å². The zero-order chi connectivity index (χ0) is 16.7. The molecule has 2 aromatic heterocycles. The van der Waals surface area contributed by atoms with Crippen molar-refractivity contribution in [3.05, 3.63) is 36.5 Å². The number of hydrogen-bond acceptors (Lipinski definition) is 5. The summed E-state index contributed by atoms with van der Waals surface area (Å²) in [6.45, 7) is 4.06. The lowest BCUT2D eigenvalue weighted by Crippen LogP contribution is -2.64. The Morgan fingerprint density at radius 3 is 2.92 bits per heavy atom. The maximum Gasteiger partial charge on any atom is 0.241 e. The highest BCUT2D eigenvalue weighted by Gasteiger charge is 2.47. The maximum absolute atomic E-state index is 12.5. The van der Waals surface area contributed by atoms with Gasteiger partial charge in [-0.3, -0.25) is 19.3 Å². The van der Waals surface area contributed by atoms with Crippen molar-refractivity contribution in [1.29, 1.82) is 0 Å². The van der Waals surface area contributed by atoms with Crippen LogP contribution < -0.4 is 4.90 Å². The number of nitrogens with zero attached hydrogens (tertiary/aromatic N) is 5. The first-order chi connectivity index (χ1) is 11.6. The van der Waals surface area contributed by atoms with Gasteiger partial charge in [0.25, 0.3) is 0 Å². The van der Waals surface area contributed by atoms with E-state index in [1.165, 1.54) is 5.56 Å². The Hall–Kier alpha value is -2.12. The van der Waals surface area contributed by atoms with Crippen LogP contribution in [0.25, 0.3) is 0 Å². The standard InChI is InChI=1S/C17H23N5O2/c1-19-10-16(23)22(15-7-18-20(2)9-15)13-17(19)4-5-21(12-17)8-14-3-6-24-11-14/h3,6-7,9,11H,4-5,8,10,12-13H2,1-2H3/t17-/m0/s1. The first kappa shape index (κ1) is 15.4. The van der Waals surface area contributed by atoms with E-state index in [4.69, 9.17) is 4.42 Å². The van der Waals surface area contributed by atoms with Crippen LogP contribution >= 0.6 is 0 Å². The predicted molar refractivity (Wildman–Crippen MR) is 89.5 cm³/mol. The Morgan fingerprint density at radius 1 is 1.33 bits per heavy atom. The van der Waals surface area contributed by atoms with Gasteiger partial charge in [0.15, 0.2) is 0 Å². The zero-order valence-corrected chi connectivity index (χ0v) is 14.2. The summed E-state index contributed by atoms with van der Waals surface area (Å²) in [6, 6.07) is 2.01. The number of hydrogen-bond donors (Lipinski definition) is 0. The average Bonchev–Trinajstić information content (AvgIpc) is 3.26. The molecular weight excluding hydrogens is 306 g/mol. The van der Waals surface area contributed by atoms with E-state index in [0.29, 0.717) is 6.54 Å². The molecule has 4 heterocycles. The molecule has 1 atom stereocenters. The second kappa shape index (κ2) is 5.75. The Balaban J connectivity index is 1.52. The third-order valence-electron chi connectivity index (χ3n) is 5.34. The van der Waals surface area contributed by atoms with Crippen LogP contribution in [0.15, 0.2) is 35.4 Å². The molecule has 24 heavy (non-hydrogen) atoms. The molecule has 7 nitrogen and oxygen atoms in total. The fourth-order valence-electron chi connectivity index (χ4n) is 3.90. The van der Waals surface area contributed by atoms with E-state index in [1.807, 2.05) is 24.2 Å². The largest absolute Gasteiger partial charge is 0.472 e. The van der Waals surface area contributed by atoms with Gasteiger partial charge in [-0.05, 0) is 19.5 Å². The lowest BCUT2D eigenvalue weighted by Gasteiger charge is -2.46. The number of anilines is 1. The van der Waals surface area contributed by atoms with Crippen LogP contribution in [-0.2, 0) is 18.4 Å². The number of amides is 1. The number of likely N-dealkylation sites (tertiary alicyclic amines) is 1. The molecule has 0 aliphatic carbocycles. The molecule has 2 fully saturated rings. The van der Waals surface area contributed by atoms with Crippen LogP contribution in [0.5, 0.6) is 0 Å². The highest BCUT2D eigenvalue weighted by Crippen LogP contribution is 2.33. The van der Waals surface area contributed by atoms with Gasteiger partial charge in [-0.1, -0.05) is 0 Å². The second-order valence-electron chi connectivity index (χ2n) is 7.02. The summed E-state index contributed by atoms with van der Waals surface area (Å²) in [5, 5.41) is 4.21. The lowest BCUT2D eigenvalue weighted by molar-refractivity contribution is -0.123. The summed E-state index contributed by atoms with van der Waals surface area (Å²) in [6.07, 6.45) is 8.27. The van der Waals surface area contributed by atoms with Gasteiger partial charge in [-0.25, -0.2) is 0 Å². The average molecular weight is 329 g/mol. The molecule has 0 bridgehead atoms. The first-order valence-corrected chi connectivity index (χ1v) is 8.29. The van der Waals surface area contributed by atoms with Crippen LogP contribution in [-0.4, -0.2) is 64.3 Å². The molecule has 2 saturated heterocycles. The second-order valence-corrected chi connectivity index (χ2v) is 7.02. The molecule has 2 aliphatic heterocycles. The molecule has 2 aromatic rings. The summed E-state index contributed by atoms with van der Waals surface area (Å²) in [5.74, 6) is 0.143. The van der Waals surface area contributed by atoms with Crippen LogP contribution in [0.1, 0.15) is 12.0 Å². The number of furan rings is 1. The molecule has 0 saturated carbocycles. The highest BCUT2D eigenvalue weighted by atomic mass is 16.3. The molecule has 0 radical (unpaired) electrons. The molecule has 0 unspecified atom stereocenters. The van der Waals surface area contributed by atoms with E-state index >= 15 is 0 Å². The van der Waals surface area contributed by atoms with E-state index in [0.717, 1.165) is 38.3 Å². The van der Waals surface area contributed by atoms with Gasteiger partial charge in [0.05, 0.1) is 36.5 Å². The van der Waals surface area contributed by atoms with Crippen molar-refractivity contribution in [1.82, 2.24) is 19.6 Å². The minimum atomic E-state index is 0.00743. The van der Waals surface area contributed by atoms with Gasteiger partial charge in [-0.2, -0.15) is 5.10 Å². The fourth-order valence-corrected chi connectivity index (χ4v) is 3.90. The van der Waals surface area contributed by atoms with E-state index in [2.05, 4.69) is 21.9 Å². The summed E-state index contributed by atoms with van der Waals surface area (Å²) in [4.78, 5) is 19.1. The molecule has 0 aromatic carbocycles. The minimum Gasteiger partial charge on any atom is -0.472 e. The first-order valence-electron chi connectivity index (χ1n) is 8.29. The lowest BCUT2D eigenvalue weighted by atomic mass is 9.93. The predicted octanol–water partition coefficient (Wildman–Crippen LogP) is 0.936. The van der Waals surface area contributed by atoms with Crippen molar-refractivity contribution in [2.75, 3.05) is 38.1 Å². The van der Waals surface area contributed by atoms with Crippen LogP contribution in [0.3, 0.4) is 0 Å². The van der Waals surface area contributed by atoms with Gasteiger partial charge in [0, 0.05) is 45.0 Å². The van der Waals surface area contributed by atoms with Crippen LogP contribution in [0.4, 0.5) is 5.69 Å². The highest BCUT2D eigenvalue weighted by molar-refractivity contribution is 5.95. The summed E-state index contributed by atoms with van der Waals surface area (Å²) < 4.78 is 6.92. The summed E-state index contributed by atoms with van der Waals surface area (Å²) >= 11 is 0. The molecule has 1 spiro atoms. The molecule has 0 N–H and O–H groups in total. The van der Waals surface area contributed by atoms with Gasteiger partial charge < -0.3 is 9.32 Å². The van der Waals surface area contributed by atoms with Gasteiger partial charge in [-0.15, -0.1) is 0 Å². The number of piperazine rings is 1. The topological polar surface area (TPSA) is 57.8 Å². The Morgan fingerprint density at radius 2 is 2.21 bits per heavy atom. The van der Waals surface area contributed by atoms with Crippen molar-refractivity contribution in [3.8, 4) is 0 Å². The van der Waals surface area contributed by atoms with Crippen molar-refractivity contribution in [3.63, 3.8) is 0 Å². The Labute approximate surface area is 141 Å². The number of likely N-dealkylation sites (N-methyl/N-ethyl adjacent to an activating group) is 1. The quantitative estimate of drug-likeness (QED) is 0.839. The maximum atomic E-state index is 12.5. The van der Waals surface area contributed by atoms with E-state index < -0.39 is 0 Å². The van der Waals surface area contributed by atoms with Gasteiger partial charge >= 0.3 is 0 Å². The summed E-state index contributed by atoms with van der Waals surface area (Å²) in [5.41, 5.74) is 2.10. The monoisotopic (exact) mass is 329 g/mol. The van der Waals surface area contributed by atoms with Crippen molar-refractivity contribution in [2.45, 2.75) is 18.5 Å². The van der Waals surface area contributed by atoms with E-state index in [9.17, 15) is 4.79 Å². The van der Waals surface area contributed by atoms with E-state index in [1.54, 1.807) is 23.4 Å². The minimum absolute atomic E-state index is 0.00743. The smallest absolute Gasteiger partial charge is 0.241 e. The number of aryl methyl sites for hydroxylation is 1. The fraction of sp³-hybridized carbons (Fsp3) is 0.529. The molecule has 7 heteroatoms. The molecule has 2 aliphatic rings. The molecule has 1 amide bonds. The van der Waals surface area contributed by atoms with Crippen LogP contribution in [0.2, 0.25) is 0 Å². The summed E-state index contributed by atoms with van der Waals surface area (Å²) in [7, 11) is 3.95. The third-order valence-corrected chi connectivity index (χ3v) is 5.34. The normalized spacial score (nSPS) is 25.9. The molecule has 128 valence electrons. The van der Waals surface area contributed by atoms with Crippen LogP contribution in [0, 0.1) is 0 Å². The molecular formula is C17H23N5O2. The third kappa shape index (κ3) is 2.63. The zero-order valence-electron chi connectivity index (χ0n) is 14.2. The number of carbonyl (C=O) groups is 1. The van der Waals surface area contributed by atoms with Crippen molar-refractivity contribution in [2.24, 2.45) is 7.05 Å². The molecule has 4 rings (SSSR count). The van der Waals surface area contributed by atoms with E-state index in [-0.39, 0.29) is 11.4 Å². The van der Waals surface area contributed by atoms with Crippen molar-refractivity contribution < 1.29 is 9.21 Å². The SMILES string of the molecule is CN1CC(=O)N(c2cnn(C)c2)C[C@@]12CCN(Cc1ccoc1)C2. The number of aromatic nitrogens is 2. The van der Waals surface area contributed by atoms with Crippen molar-refractivity contribution >= 4 is 11.6 Å². The van der Waals surface area contributed by atoms with Gasteiger partial charge in [0.1, 0.15) is 0 Å². The number of rotatable bonds is 3. The Kier molecular flexibility index (Phi) is 3.69. The Bertz CT molecular complexity index is 725. The number of carbonyl (C=O) groups excluding carboxylic acids is 1.